The predicted octanol–water partition coefficient (Wildman–Crippen LogP) is 0.169. The summed E-state index contributed by atoms with van der Waals surface area (Å²) in [5.74, 6) is -1.01. The van der Waals surface area contributed by atoms with Crippen LogP contribution in [0.25, 0.3) is 0 Å². The van der Waals surface area contributed by atoms with Crippen molar-refractivity contribution in [2.45, 2.75) is 27.2 Å². The normalized spacial score (nSPS) is 18.6. The van der Waals surface area contributed by atoms with E-state index in [0.717, 1.165) is 0 Å². The smallest absolute Gasteiger partial charge is 0.319 e. The highest BCUT2D eigenvalue weighted by Crippen LogP contribution is 2.19. The van der Waals surface area contributed by atoms with Gasteiger partial charge in [0.25, 0.3) is 0 Å². The minimum absolute atomic E-state index is 0.0458. The number of hydrogen-bond acceptors (Lipinski definition) is 7. The molecule has 0 unspecified atom stereocenters. The number of carbonyl (C=O) groups excluding carboxylic acids is 2. The van der Waals surface area contributed by atoms with Crippen molar-refractivity contribution in [3.63, 3.8) is 0 Å². The van der Waals surface area contributed by atoms with Crippen LogP contribution in [0.1, 0.15) is 27.2 Å². The fraction of sp³-hybridized carbons (Fsp3) is 0.833. The van der Waals surface area contributed by atoms with E-state index in [0.29, 0.717) is 52.2 Å². The molecule has 0 radical (unpaired) electrons. The molecule has 0 aliphatic carbocycles. The zero-order valence-corrected chi connectivity index (χ0v) is 16.5. The number of rotatable bonds is 7. The van der Waals surface area contributed by atoms with Gasteiger partial charge in [-0.2, -0.15) is 0 Å². The molecule has 0 bridgehead atoms. The summed E-state index contributed by atoms with van der Waals surface area (Å²) in [5.41, 5.74) is -0.0526. The lowest BCUT2D eigenvalue weighted by Gasteiger charge is -2.26. The number of hydrogen-bond donors (Lipinski definition) is 1. The van der Waals surface area contributed by atoms with Crippen molar-refractivity contribution in [3.05, 3.63) is 0 Å². The molecule has 0 atom stereocenters. The number of aliphatic carboxylic acids is 1. The van der Waals surface area contributed by atoms with Crippen LogP contribution >= 0.6 is 0 Å². The number of esters is 1. The van der Waals surface area contributed by atoms with Crippen molar-refractivity contribution in [3.8, 4) is 0 Å². The monoisotopic (exact) mass is 371 g/mol. The maximum atomic E-state index is 12.3. The Morgan fingerprint density at radius 3 is 1.65 bits per heavy atom. The van der Waals surface area contributed by atoms with Crippen molar-refractivity contribution in [2.24, 2.45) is 5.41 Å². The highest BCUT2D eigenvalue weighted by molar-refractivity contribution is 5.81. The second-order valence-corrected chi connectivity index (χ2v) is 8.07. The fourth-order valence-corrected chi connectivity index (χ4v) is 2.99. The van der Waals surface area contributed by atoms with E-state index in [9.17, 15) is 14.4 Å². The number of ether oxygens (including phenoxy) is 1. The Kier molecular flexibility index (Phi) is 9.18. The Labute approximate surface area is 156 Å². The first-order chi connectivity index (χ1) is 12.1. The first-order valence-corrected chi connectivity index (χ1v) is 9.06. The average molecular weight is 371 g/mol. The lowest BCUT2D eigenvalue weighted by molar-refractivity contribution is -0.142. The number of ketones is 1. The lowest BCUT2D eigenvalue weighted by Crippen LogP contribution is -2.41. The van der Waals surface area contributed by atoms with Gasteiger partial charge in [0, 0.05) is 45.7 Å². The van der Waals surface area contributed by atoms with Crippen molar-refractivity contribution in [2.75, 3.05) is 66.0 Å². The predicted molar refractivity (Wildman–Crippen MR) is 98.1 cm³/mol. The van der Waals surface area contributed by atoms with Crippen LogP contribution in [0.5, 0.6) is 0 Å². The average Bonchev–Trinajstić information content (AvgIpc) is 2.58. The Hall–Kier alpha value is -1.51. The maximum absolute atomic E-state index is 12.3. The Morgan fingerprint density at radius 2 is 1.27 bits per heavy atom. The van der Waals surface area contributed by atoms with Crippen LogP contribution in [0.3, 0.4) is 0 Å². The molecule has 1 fully saturated rings. The minimum Gasteiger partial charge on any atom is -0.480 e. The van der Waals surface area contributed by atoms with Crippen LogP contribution in [0, 0.1) is 5.41 Å². The second kappa shape index (κ2) is 10.6. The van der Waals surface area contributed by atoms with E-state index in [4.69, 9.17) is 9.84 Å². The molecule has 1 heterocycles. The summed E-state index contributed by atoms with van der Waals surface area (Å²) >= 11 is 0. The van der Waals surface area contributed by atoms with Gasteiger partial charge < -0.3 is 9.84 Å². The van der Waals surface area contributed by atoms with Crippen LogP contribution in [-0.2, 0) is 19.1 Å². The second-order valence-electron chi connectivity index (χ2n) is 8.07. The molecule has 0 saturated carbocycles. The maximum Gasteiger partial charge on any atom is 0.319 e. The first-order valence-electron chi connectivity index (χ1n) is 9.06. The van der Waals surface area contributed by atoms with Crippen molar-refractivity contribution >= 4 is 17.7 Å². The summed E-state index contributed by atoms with van der Waals surface area (Å²) in [6.07, 6.45) is 0.508. The Bertz CT molecular complexity index is 490. The van der Waals surface area contributed by atoms with Gasteiger partial charge in [-0.25, -0.2) is 0 Å². The van der Waals surface area contributed by atoms with Crippen molar-refractivity contribution in [1.82, 2.24) is 14.7 Å². The van der Waals surface area contributed by atoms with Crippen molar-refractivity contribution in [1.29, 1.82) is 0 Å². The molecule has 8 heteroatoms. The number of carbonyl (C=O) groups is 3. The van der Waals surface area contributed by atoms with Gasteiger partial charge >= 0.3 is 11.9 Å². The third-order valence-corrected chi connectivity index (χ3v) is 4.26. The van der Waals surface area contributed by atoms with Crippen LogP contribution < -0.4 is 0 Å². The number of carboxylic acids is 1. The van der Waals surface area contributed by atoms with E-state index >= 15 is 0 Å². The van der Waals surface area contributed by atoms with Crippen molar-refractivity contribution < 1.29 is 24.2 Å². The Balaban J connectivity index is 2.74. The van der Waals surface area contributed by atoms with E-state index in [1.54, 1.807) is 0 Å². The summed E-state index contributed by atoms with van der Waals surface area (Å²) in [5, 5.41) is 9.09. The summed E-state index contributed by atoms with van der Waals surface area (Å²) in [4.78, 5) is 40.9. The minimum atomic E-state index is -0.876. The van der Waals surface area contributed by atoms with Crippen LogP contribution in [0.15, 0.2) is 0 Å². The molecule has 0 aromatic rings. The van der Waals surface area contributed by atoms with Gasteiger partial charge in [-0.3, -0.25) is 29.1 Å². The van der Waals surface area contributed by atoms with E-state index in [1.807, 2.05) is 30.6 Å². The molecule has 1 saturated heterocycles. The largest absolute Gasteiger partial charge is 0.480 e. The van der Waals surface area contributed by atoms with Crippen LogP contribution in [-0.4, -0.2) is 104 Å². The third-order valence-electron chi connectivity index (χ3n) is 4.26. The zero-order valence-electron chi connectivity index (χ0n) is 16.5. The summed E-state index contributed by atoms with van der Waals surface area (Å²) < 4.78 is 4.74. The molecule has 0 aromatic heterocycles. The molecule has 0 aromatic carbocycles. The number of carboxylic acid groups (broad SMARTS) is 1. The number of Topliss-reactive ketones (excluding diaryl/α,β-unsaturated/α-hetero) is 1. The molecular formula is C18H33N3O5. The number of nitrogens with zero attached hydrogens (tertiary/aromatic N) is 3. The molecule has 1 rings (SSSR count). The molecule has 1 N–H and O–H groups in total. The van der Waals surface area contributed by atoms with Gasteiger partial charge in [-0.15, -0.1) is 0 Å². The molecule has 1 aliphatic heterocycles. The molecule has 0 spiro atoms. The van der Waals surface area contributed by atoms with Gasteiger partial charge in [-0.1, -0.05) is 20.8 Å². The zero-order chi connectivity index (χ0) is 19.7. The molecule has 0 amide bonds. The van der Waals surface area contributed by atoms with Gasteiger partial charge in [0.2, 0.25) is 0 Å². The standard InChI is InChI=1S/C18H33N3O5/c1-18(2,3)11-15(22)12-19-5-7-20(13-16(23)24)8-10-21(9-6-19)14-17(25)26-4/h5-14H2,1-4H3,(H,23,24). The molecule has 150 valence electrons. The molecule has 1 aliphatic rings. The lowest BCUT2D eigenvalue weighted by atomic mass is 9.90. The van der Waals surface area contributed by atoms with Gasteiger partial charge in [0.15, 0.2) is 0 Å². The fourth-order valence-electron chi connectivity index (χ4n) is 2.99. The number of methoxy groups -OCH3 is 1. The van der Waals surface area contributed by atoms with Crippen LogP contribution in [0.4, 0.5) is 0 Å². The van der Waals surface area contributed by atoms with E-state index in [2.05, 4.69) is 4.90 Å². The summed E-state index contributed by atoms with van der Waals surface area (Å²) in [7, 11) is 1.35. The SMILES string of the molecule is COC(=O)CN1CCN(CC(=O)O)CCN(CC(=O)CC(C)(C)C)CC1. The molecule has 26 heavy (non-hydrogen) atoms. The summed E-state index contributed by atoms with van der Waals surface area (Å²) in [6, 6.07) is 0. The summed E-state index contributed by atoms with van der Waals surface area (Å²) in [6.45, 7) is 10.3. The highest BCUT2D eigenvalue weighted by atomic mass is 16.5. The quantitative estimate of drug-likeness (QED) is 0.634. The van der Waals surface area contributed by atoms with E-state index < -0.39 is 5.97 Å². The van der Waals surface area contributed by atoms with Gasteiger partial charge in [0.05, 0.1) is 26.7 Å². The Morgan fingerprint density at radius 1 is 0.846 bits per heavy atom. The third kappa shape index (κ3) is 9.84. The topological polar surface area (TPSA) is 90.4 Å². The molecular weight excluding hydrogens is 338 g/mol. The van der Waals surface area contributed by atoms with E-state index in [-0.39, 0.29) is 30.3 Å². The van der Waals surface area contributed by atoms with Gasteiger partial charge in [0.1, 0.15) is 5.78 Å². The van der Waals surface area contributed by atoms with E-state index in [1.165, 1.54) is 7.11 Å². The van der Waals surface area contributed by atoms with Crippen LogP contribution in [0.2, 0.25) is 0 Å². The first kappa shape index (κ1) is 22.5. The van der Waals surface area contributed by atoms with Gasteiger partial charge in [-0.05, 0) is 5.41 Å². The highest BCUT2D eigenvalue weighted by Gasteiger charge is 2.22. The molecule has 8 nitrogen and oxygen atoms in total.